The van der Waals surface area contributed by atoms with Gasteiger partial charge < -0.3 is 14.6 Å². The molecule has 0 aromatic carbocycles. The predicted octanol–water partition coefficient (Wildman–Crippen LogP) is 5.36. The van der Waals surface area contributed by atoms with E-state index in [0.717, 1.165) is 30.5 Å². The zero-order valence-corrected chi connectivity index (χ0v) is 24.9. The van der Waals surface area contributed by atoms with Gasteiger partial charge in [0.25, 0.3) is 0 Å². The van der Waals surface area contributed by atoms with E-state index < -0.39 is 12.1 Å². The van der Waals surface area contributed by atoms with Gasteiger partial charge >= 0.3 is 11.9 Å². The van der Waals surface area contributed by atoms with Crippen LogP contribution < -0.4 is 0 Å². The summed E-state index contributed by atoms with van der Waals surface area (Å²) in [6.45, 7) is 12.1. The lowest BCUT2D eigenvalue weighted by atomic mass is 9.63. The van der Waals surface area contributed by atoms with Gasteiger partial charge in [-0.1, -0.05) is 59.6 Å². The Morgan fingerprint density at radius 2 is 1.95 bits per heavy atom. The number of ether oxygens (including phenoxy) is 2. The zero-order valence-electron chi connectivity index (χ0n) is 24.9. The largest absolute Gasteiger partial charge is 0.461 e. The van der Waals surface area contributed by atoms with E-state index in [1.807, 2.05) is 20.8 Å². The van der Waals surface area contributed by atoms with Crippen LogP contribution in [0.25, 0.3) is 0 Å². The van der Waals surface area contributed by atoms with Crippen molar-refractivity contribution in [2.24, 2.45) is 28.7 Å². The number of allylic oxidation sites excluding steroid dienone is 1. The molecule has 8 nitrogen and oxygen atoms in total. The van der Waals surface area contributed by atoms with Crippen molar-refractivity contribution in [1.82, 2.24) is 0 Å². The number of unbranched alkanes of at least 4 members (excludes halogenated alkanes) is 3. The Kier molecular flexibility index (Phi) is 14.5. The quantitative estimate of drug-likeness (QED) is 0.145. The van der Waals surface area contributed by atoms with E-state index in [0.29, 0.717) is 32.2 Å². The molecule has 0 bridgehead atoms. The maximum absolute atomic E-state index is 13.1. The van der Waals surface area contributed by atoms with E-state index in [1.54, 1.807) is 6.08 Å². The standard InChI is InChI=1S/C32H49NO7/c1-6-9-10-11-16-33-27-14-15-29(40-32(38)21(4)8-3)31-25(22(5)28(36)20-26(27)31)13-12-23(34)18-24(35)19-30(37)39-17-7-2/h7,20-22,24-25,29,31,35H,2,6,8-19H2,1,3-5H3. The number of hydrogen-bond donors (Lipinski definition) is 1. The summed E-state index contributed by atoms with van der Waals surface area (Å²) in [6.07, 6.45) is 8.15. The lowest BCUT2D eigenvalue weighted by Gasteiger charge is -2.43. The third-order valence-electron chi connectivity index (χ3n) is 8.19. The van der Waals surface area contributed by atoms with Crippen LogP contribution in [0.3, 0.4) is 0 Å². The fraction of sp³-hybridized carbons (Fsp3) is 0.719. The van der Waals surface area contributed by atoms with E-state index in [1.165, 1.54) is 12.5 Å². The van der Waals surface area contributed by atoms with Crippen LogP contribution in [-0.2, 0) is 28.7 Å². The zero-order chi connectivity index (χ0) is 29.7. The summed E-state index contributed by atoms with van der Waals surface area (Å²) in [6, 6.07) is 0. The molecule has 0 aromatic rings. The molecule has 6 atom stereocenters. The van der Waals surface area contributed by atoms with Crippen molar-refractivity contribution in [2.45, 2.75) is 111 Å². The average Bonchev–Trinajstić information content (AvgIpc) is 2.92. The minimum absolute atomic E-state index is 0.00119. The highest BCUT2D eigenvalue weighted by atomic mass is 16.5. The highest BCUT2D eigenvalue weighted by Gasteiger charge is 2.46. The van der Waals surface area contributed by atoms with Crippen LogP contribution >= 0.6 is 0 Å². The van der Waals surface area contributed by atoms with Gasteiger partial charge in [-0.2, -0.15) is 0 Å². The molecule has 1 N–H and O–H groups in total. The molecule has 6 unspecified atom stereocenters. The molecule has 2 aliphatic carbocycles. The molecule has 0 spiro atoms. The van der Waals surface area contributed by atoms with Crippen molar-refractivity contribution in [3.63, 3.8) is 0 Å². The fourth-order valence-electron chi connectivity index (χ4n) is 5.57. The molecule has 1 saturated carbocycles. The Morgan fingerprint density at radius 1 is 1.20 bits per heavy atom. The van der Waals surface area contributed by atoms with Crippen LogP contribution in [-0.4, -0.2) is 59.7 Å². The summed E-state index contributed by atoms with van der Waals surface area (Å²) in [5.74, 6) is -1.98. The van der Waals surface area contributed by atoms with Gasteiger partial charge in [0, 0.05) is 36.9 Å². The normalized spacial score (nSPS) is 25.0. The van der Waals surface area contributed by atoms with Crippen LogP contribution in [0.4, 0.5) is 0 Å². The van der Waals surface area contributed by atoms with Crippen LogP contribution in [0.1, 0.15) is 98.3 Å². The number of carbonyl (C=O) groups excluding carboxylic acids is 4. The first-order chi connectivity index (χ1) is 19.1. The molecule has 224 valence electrons. The molecular formula is C32H49NO7. The second-order valence-corrected chi connectivity index (χ2v) is 11.3. The topological polar surface area (TPSA) is 119 Å². The molecule has 2 rings (SSSR count). The molecule has 0 heterocycles. The Morgan fingerprint density at radius 3 is 2.62 bits per heavy atom. The van der Waals surface area contributed by atoms with E-state index >= 15 is 0 Å². The number of aliphatic hydroxyl groups is 1. The Bertz CT molecular complexity index is 953. The molecule has 8 heteroatoms. The van der Waals surface area contributed by atoms with Crippen LogP contribution in [0.2, 0.25) is 0 Å². The molecule has 2 aliphatic rings. The molecule has 0 amide bonds. The minimum Gasteiger partial charge on any atom is -0.461 e. The maximum Gasteiger partial charge on any atom is 0.308 e. The van der Waals surface area contributed by atoms with Gasteiger partial charge in [-0.15, -0.1) is 0 Å². The van der Waals surface area contributed by atoms with Gasteiger partial charge in [0.1, 0.15) is 18.5 Å². The van der Waals surface area contributed by atoms with E-state index in [9.17, 15) is 24.3 Å². The summed E-state index contributed by atoms with van der Waals surface area (Å²) < 4.78 is 10.9. The number of aliphatic hydroxyl groups excluding tert-OH is 1. The first-order valence-corrected chi connectivity index (χ1v) is 15.1. The van der Waals surface area contributed by atoms with Gasteiger partial charge in [0.15, 0.2) is 5.78 Å². The number of nitrogens with zero attached hydrogens (tertiary/aromatic N) is 1. The lowest BCUT2D eigenvalue weighted by Crippen LogP contribution is -2.46. The number of Topliss-reactive ketones (excluding diaryl/α,β-unsaturated/α-hetero) is 1. The van der Waals surface area contributed by atoms with Crippen LogP contribution in [0, 0.1) is 23.7 Å². The van der Waals surface area contributed by atoms with Crippen molar-refractivity contribution in [3.8, 4) is 0 Å². The predicted molar refractivity (Wildman–Crippen MR) is 155 cm³/mol. The average molecular weight is 560 g/mol. The van der Waals surface area contributed by atoms with E-state index in [4.69, 9.17) is 14.5 Å². The number of aliphatic imine (C=N–C) groups is 1. The highest BCUT2D eigenvalue weighted by Crippen LogP contribution is 2.44. The smallest absolute Gasteiger partial charge is 0.308 e. The molecule has 0 aromatic heterocycles. The molecule has 40 heavy (non-hydrogen) atoms. The molecule has 0 radical (unpaired) electrons. The van der Waals surface area contributed by atoms with Crippen molar-refractivity contribution >= 4 is 29.2 Å². The Labute approximate surface area is 239 Å². The fourth-order valence-corrected chi connectivity index (χ4v) is 5.57. The lowest BCUT2D eigenvalue weighted by molar-refractivity contribution is -0.158. The Balaban J connectivity index is 2.19. The van der Waals surface area contributed by atoms with Crippen molar-refractivity contribution in [1.29, 1.82) is 0 Å². The minimum atomic E-state index is -1.13. The monoisotopic (exact) mass is 559 g/mol. The first kappa shape index (κ1) is 33.6. The SMILES string of the molecule is C=CCOC(=O)CC(O)CC(=O)CCC1C(C)C(=O)C=C2C(=NCCCCCC)CCC(OC(=O)C(C)CC)C21. The first-order valence-electron chi connectivity index (χ1n) is 15.1. The second-order valence-electron chi connectivity index (χ2n) is 11.3. The van der Waals surface area contributed by atoms with Crippen molar-refractivity contribution in [2.75, 3.05) is 13.2 Å². The van der Waals surface area contributed by atoms with E-state index in [-0.39, 0.29) is 73.2 Å². The van der Waals surface area contributed by atoms with Crippen LogP contribution in [0.5, 0.6) is 0 Å². The third kappa shape index (κ3) is 10.1. The summed E-state index contributed by atoms with van der Waals surface area (Å²) >= 11 is 0. The number of hydrogen-bond acceptors (Lipinski definition) is 8. The highest BCUT2D eigenvalue weighted by molar-refractivity contribution is 6.08. The van der Waals surface area contributed by atoms with Crippen molar-refractivity contribution in [3.05, 3.63) is 24.3 Å². The summed E-state index contributed by atoms with van der Waals surface area (Å²) in [4.78, 5) is 55.3. The third-order valence-corrected chi connectivity index (χ3v) is 8.19. The van der Waals surface area contributed by atoms with E-state index in [2.05, 4.69) is 13.5 Å². The molecule has 0 aliphatic heterocycles. The maximum atomic E-state index is 13.1. The number of carbonyl (C=O) groups is 4. The summed E-state index contributed by atoms with van der Waals surface area (Å²) in [5.41, 5.74) is 1.77. The van der Waals surface area contributed by atoms with Gasteiger partial charge in [-0.25, -0.2) is 0 Å². The molecule has 0 saturated heterocycles. The van der Waals surface area contributed by atoms with Crippen LogP contribution in [0.15, 0.2) is 29.3 Å². The number of fused-ring (bicyclic) bond motifs is 1. The summed E-state index contributed by atoms with van der Waals surface area (Å²) in [5, 5.41) is 10.2. The number of rotatable bonds is 17. The molecule has 1 fully saturated rings. The van der Waals surface area contributed by atoms with Gasteiger partial charge in [0.2, 0.25) is 0 Å². The van der Waals surface area contributed by atoms with Crippen molar-refractivity contribution < 1.29 is 33.8 Å². The van der Waals surface area contributed by atoms with Gasteiger partial charge in [-0.3, -0.25) is 24.2 Å². The summed E-state index contributed by atoms with van der Waals surface area (Å²) in [7, 11) is 0. The van der Waals surface area contributed by atoms with Gasteiger partial charge in [0.05, 0.1) is 18.4 Å². The second kappa shape index (κ2) is 17.3. The van der Waals surface area contributed by atoms with Gasteiger partial charge in [-0.05, 0) is 49.7 Å². The number of ketones is 2. The number of esters is 2. The Hall–Kier alpha value is -2.61. The molecular weight excluding hydrogens is 510 g/mol.